The molecule has 0 radical (unpaired) electrons. The Labute approximate surface area is 62.7 Å². The molecule has 0 bridgehead atoms. The molecule has 0 aromatic carbocycles. The summed E-state index contributed by atoms with van der Waals surface area (Å²) in [5, 5.41) is 18.5. The third-order valence-corrected chi connectivity index (χ3v) is 0. The van der Waals surface area contributed by atoms with E-state index in [1.165, 1.54) is 0 Å². The molecule has 0 saturated heterocycles. The first-order valence-corrected chi connectivity index (χ1v) is 0.458. The van der Waals surface area contributed by atoms with Crippen LogP contribution >= 0.6 is 0 Å². The van der Waals surface area contributed by atoms with E-state index < -0.39 is 0 Å². The first-order valence-electron chi connectivity index (χ1n) is 0.458. The SMILES string of the molecule is C#N.OO.[Ca+2].[H-].[H-]. The normalized spacial score (nSPS) is 1.60. The molecule has 0 spiro atoms. The quantitative estimate of drug-likeness (QED) is 0.258. The van der Waals surface area contributed by atoms with Crippen molar-refractivity contribution in [2.24, 2.45) is 0 Å². The molecule has 0 aliphatic heterocycles. The number of hydrogen-bond donors (Lipinski definition) is 2. The van der Waals surface area contributed by atoms with Gasteiger partial charge in [0.15, 0.2) is 0 Å². The second kappa shape index (κ2) is 140. The molecule has 0 rings (SSSR count). The van der Waals surface area contributed by atoms with Crippen LogP contribution in [0.2, 0.25) is 0 Å². The molecule has 0 atom stereocenters. The maximum Gasteiger partial charge on any atom is 2.00 e. The molecule has 0 unspecified atom stereocenters. The van der Waals surface area contributed by atoms with Gasteiger partial charge in [0.25, 0.3) is 0 Å². The van der Waals surface area contributed by atoms with E-state index in [2.05, 4.69) is 6.57 Å². The third-order valence-electron chi connectivity index (χ3n) is 0. The fraction of sp³-hybridized carbons (Fsp3) is 0. The Kier molecular flexibility index (Phi) is 486. The van der Waals surface area contributed by atoms with E-state index in [-0.39, 0.29) is 40.6 Å². The van der Waals surface area contributed by atoms with Crippen molar-refractivity contribution >= 4 is 37.7 Å². The third kappa shape index (κ3) is 74.2. The second-order valence-electron chi connectivity index (χ2n) is 0. The minimum Gasteiger partial charge on any atom is -1.00 e. The molecule has 28 valence electrons. The van der Waals surface area contributed by atoms with Crippen LogP contribution in [-0.4, -0.2) is 48.3 Å². The second-order valence-corrected chi connectivity index (χ2v) is 0. The molecule has 3 nitrogen and oxygen atoms in total. The zero-order valence-electron chi connectivity index (χ0n) is 4.63. The van der Waals surface area contributed by atoms with Crippen LogP contribution in [0.1, 0.15) is 2.85 Å². The minimum absolute atomic E-state index is 0. The van der Waals surface area contributed by atoms with Gasteiger partial charge in [-0.2, -0.15) is 0 Å². The molecule has 0 aromatic rings. The molecule has 0 saturated carbocycles. The van der Waals surface area contributed by atoms with Crippen molar-refractivity contribution in [3.05, 3.63) is 0 Å². The van der Waals surface area contributed by atoms with Crippen molar-refractivity contribution in [3.8, 4) is 6.57 Å². The molecule has 5 heavy (non-hydrogen) atoms. The van der Waals surface area contributed by atoms with Crippen molar-refractivity contribution < 1.29 is 13.4 Å². The molecular formula is CH5CaNO2. The Balaban J connectivity index is -0.00000000267. The molecule has 0 amide bonds. The van der Waals surface area contributed by atoms with Crippen LogP contribution in [0.15, 0.2) is 0 Å². The zero-order chi connectivity index (χ0) is 4.00. The summed E-state index contributed by atoms with van der Waals surface area (Å²) in [7, 11) is 0. The van der Waals surface area contributed by atoms with Crippen LogP contribution in [0.25, 0.3) is 0 Å². The Morgan fingerprint density at radius 1 is 1.40 bits per heavy atom. The van der Waals surface area contributed by atoms with Crippen LogP contribution in [-0.2, 0) is 0 Å². The molecule has 4 heteroatoms. The Hall–Kier alpha value is 0.670. The predicted molar refractivity (Wildman–Crippen MR) is 19.9 cm³/mol. The van der Waals surface area contributed by atoms with Gasteiger partial charge in [-0.25, -0.2) is 5.26 Å². The van der Waals surface area contributed by atoms with Crippen molar-refractivity contribution in [2.75, 3.05) is 0 Å². The molecule has 0 fully saturated rings. The van der Waals surface area contributed by atoms with Gasteiger partial charge in [0.1, 0.15) is 0 Å². The van der Waals surface area contributed by atoms with E-state index in [1.54, 1.807) is 0 Å². The molecule has 0 aliphatic carbocycles. The summed E-state index contributed by atoms with van der Waals surface area (Å²) in [5.74, 6) is 0. The first-order chi connectivity index (χ1) is 2.00. The summed E-state index contributed by atoms with van der Waals surface area (Å²) in [6, 6.07) is 0. The zero-order valence-corrected chi connectivity index (χ0v) is 4.83. The number of rotatable bonds is 0. The fourth-order valence-corrected chi connectivity index (χ4v) is 0. The van der Waals surface area contributed by atoms with E-state index in [1.807, 2.05) is 0 Å². The maximum absolute atomic E-state index is 6.50. The maximum atomic E-state index is 6.50. The van der Waals surface area contributed by atoms with Crippen LogP contribution in [0.3, 0.4) is 0 Å². The first kappa shape index (κ1) is 17.3. The van der Waals surface area contributed by atoms with Crippen molar-refractivity contribution in [2.45, 2.75) is 0 Å². The van der Waals surface area contributed by atoms with E-state index >= 15 is 0 Å². The predicted octanol–water partition coefficient (Wildman–Crippen LogP) is 0.00138. The van der Waals surface area contributed by atoms with Gasteiger partial charge in [-0.05, 0) is 0 Å². The number of nitriles is 1. The van der Waals surface area contributed by atoms with Crippen molar-refractivity contribution in [3.63, 3.8) is 0 Å². The van der Waals surface area contributed by atoms with E-state index in [0.29, 0.717) is 0 Å². The number of nitrogens with zero attached hydrogens (tertiary/aromatic N) is 1. The van der Waals surface area contributed by atoms with Gasteiger partial charge in [0.2, 0.25) is 0 Å². The van der Waals surface area contributed by atoms with Gasteiger partial charge >= 0.3 is 37.7 Å². The van der Waals surface area contributed by atoms with Gasteiger partial charge in [-0.15, -0.1) is 0 Å². The van der Waals surface area contributed by atoms with Crippen LogP contribution in [0.5, 0.6) is 0 Å². The molecule has 0 aromatic heterocycles. The summed E-state index contributed by atoms with van der Waals surface area (Å²) >= 11 is 0. The van der Waals surface area contributed by atoms with Crippen molar-refractivity contribution in [1.29, 1.82) is 5.26 Å². The molecule has 2 N–H and O–H groups in total. The Morgan fingerprint density at radius 2 is 1.40 bits per heavy atom. The standard InChI is InChI=1S/CHN.Ca.H2O2.2H/c1-2;;1-2;;/h1H;;1-2H;;/q;+2;;2*-1. The average Bonchev–Trinajstić information content (AvgIpc) is 1.50. The van der Waals surface area contributed by atoms with Crippen molar-refractivity contribution in [1.82, 2.24) is 0 Å². The summed E-state index contributed by atoms with van der Waals surface area (Å²) in [5.41, 5.74) is 0. The summed E-state index contributed by atoms with van der Waals surface area (Å²) < 4.78 is 0. The van der Waals surface area contributed by atoms with Crippen LogP contribution in [0, 0.1) is 11.8 Å². The minimum atomic E-state index is 0. The van der Waals surface area contributed by atoms with E-state index in [0.717, 1.165) is 0 Å². The summed E-state index contributed by atoms with van der Waals surface area (Å²) in [4.78, 5) is 0. The van der Waals surface area contributed by atoms with Gasteiger partial charge in [0, 0.05) is 6.57 Å². The largest absolute Gasteiger partial charge is 2.00 e. The number of hydrogen-bond acceptors (Lipinski definition) is 3. The molecule has 0 heterocycles. The smallest absolute Gasteiger partial charge is 1.00 e. The monoisotopic (exact) mass is 103 g/mol. The van der Waals surface area contributed by atoms with Gasteiger partial charge in [-0.1, -0.05) is 0 Å². The Bertz CT molecular complexity index is 20.4. The van der Waals surface area contributed by atoms with Crippen LogP contribution in [0.4, 0.5) is 0 Å². The fourth-order valence-electron chi connectivity index (χ4n) is 0. The van der Waals surface area contributed by atoms with E-state index in [4.69, 9.17) is 15.8 Å². The van der Waals surface area contributed by atoms with E-state index in [9.17, 15) is 0 Å². The topological polar surface area (TPSA) is 64.2 Å². The average molecular weight is 103 g/mol. The summed E-state index contributed by atoms with van der Waals surface area (Å²) in [6.45, 7) is 3.50. The Morgan fingerprint density at radius 3 is 1.40 bits per heavy atom. The molecular weight excluding hydrogens is 98.1 g/mol. The van der Waals surface area contributed by atoms with Crippen LogP contribution < -0.4 is 0 Å². The van der Waals surface area contributed by atoms with Gasteiger partial charge < -0.3 is 2.85 Å². The van der Waals surface area contributed by atoms with Gasteiger partial charge in [-0.3, -0.25) is 10.5 Å². The molecule has 0 aliphatic rings. The van der Waals surface area contributed by atoms with Gasteiger partial charge in [0.05, 0.1) is 0 Å². The summed E-state index contributed by atoms with van der Waals surface area (Å²) in [6.07, 6.45) is 0.